The summed E-state index contributed by atoms with van der Waals surface area (Å²) in [5.74, 6) is 0.987. The van der Waals surface area contributed by atoms with Crippen molar-refractivity contribution in [1.82, 2.24) is 0 Å². The zero-order valence-electron chi connectivity index (χ0n) is 9.21. The fraction of sp³-hybridized carbons (Fsp3) is 0.385. The summed E-state index contributed by atoms with van der Waals surface area (Å²) in [4.78, 5) is 0. The number of aryl methyl sites for hydroxylation is 3. The smallest absolute Gasteiger partial charge is 0.134 e. The molecule has 0 unspecified atom stereocenters. The van der Waals surface area contributed by atoms with Crippen molar-refractivity contribution in [3.63, 3.8) is 0 Å². The molecule has 0 saturated heterocycles. The number of rotatable bonds is 3. The zero-order chi connectivity index (χ0) is 10.8. The van der Waals surface area contributed by atoms with Gasteiger partial charge >= 0.3 is 0 Å². The Morgan fingerprint density at radius 1 is 1.27 bits per heavy atom. The van der Waals surface area contributed by atoms with E-state index in [1.54, 1.807) is 0 Å². The molecular formula is C13H16O2. The van der Waals surface area contributed by atoms with Crippen molar-refractivity contribution in [2.45, 2.75) is 26.7 Å². The zero-order valence-corrected chi connectivity index (χ0v) is 9.21. The third kappa shape index (κ3) is 1.77. The predicted molar refractivity (Wildman–Crippen MR) is 61.1 cm³/mol. The van der Waals surface area contributed by atoms with Crippen molar-refractivity contribution < 1.29 is 9.52 Å². The van der Waals surface area contributed by atoms with E-state index < -0.39 is 0 Å². The van der Waals surface area contributed by atoms with Crippen molar-refractivity contribution in [3.05, 3.63) is 35.1 Å². The molecule has 80 valence electrons. The van der Waals surface area contributed by atoms with Crippen molar-refractivity contribution in [2.24, 2.45) is 0 Å². The summed E-state index contributed by atoms with van der Waals surface area (Å²) < 4.78 is 5.66. The molecule has 2 aromatic rings. The second kappa shape index (κ2) is 4.07. The van der Waals surface area contributed by atoms with E-state index in [0.29, 0.717) is 0 Å². The summed E-state index contributed by atoms with van der Waals surface area (Å²) >= 11 is 0. The normalized spacial score (nSPS) is 11.1. The molecule has 15 heavy (non-hydrogen) atoms. The Kier molecular flexibility index (Phi) is 2.78. The van der Waals surface area contributed by atoms with Gasteiger partial charge in [-0.2, -0.15) is 0 Å². The summed E-state index contributed by atoms with van der Waals surface area (Å²) in [5.41, 5.74) is 3.45. The topological polar surface area (TPSA) is 33.4 Å². The van der Waals surface area contributed by atoms with Gasteiger partial charge < -0.3 is 9.52 Å². The molecule has 2 rings (SSSR count). The molecule has 0 spiro atoms. The molecule has 0 aliphatic rings. The second-order valence-corrected chi connectivity index (χ2v) is 3.90. The second-order valence-electron chi connectivity index (χ2n) is 3.90. The van der Waals surface area contributed by atoms with E-state index in [-0.39, 0.29) is 6.61 Å². The average Bonchev–Trinajstić information content (AvgIpc) is 2.53. The van der Waals surface area contributed by atoms with E-state index in [2.05, 4.69) is 13.0 Å². The molecule has 0 fully saturated rings. The maximum absolute atomic E-state index is 8.85. The van der Waals surface area contributed by atoms with Gasteiger partial charge in [0.1, 0.15) is 11.3 Å². The lowest BCUT2D eigenvalue weighted by Gasteiger charge is -2.01. The first-order valence-electron chi connectivity index (χ1n) is 5.32. The van der Waals surface area contributed by atoms with E-state index in [1.165, 1.54) is 16.5 Å². The van der Waals surface area contributed by atoms with Gasteiger partial charge in [0.25, 0.3) is 0 Å². The molecule has 1 aromatic carbocycles. The fourth-order valence-electron chi connectivity index (χ4n) is 1.98. The number of aliphatic hydroxyl groups is 1. The Hall–Kier alpha value is -1.28. The van der Waals surface area contributed by atoms with Crippen LogP contribution in [0.1, 0.15) is 23.3 Å². The first-order valence-corrected chi connectivity index (χ1v) is 5.32. The molecule has 2 nitrogen and oxygen atoms in total. The fourth-order valence-corrected chi connectivity index (χ4v) is 1.98. The minimum absolute atomic E-state index is 0.242. The van der Waals surface area contributed by atoms with Crippen LogP contribution in [-0.2, 0) is 6.42 Å². The SMILES string of the molecule is Cc1oc2cccc(CCCO)c2c1C. The monoisotopic (exact) mass is 204 g/mol. The molecule has 1 aromatic heterocycles. The lowest BCUT2D eigenvalue weighted by molar-refractivity contribution is 0.289. The Bertz CT molecular complexity index is 469. The summed E-state index contributed by atoms with van der Waals surface area (Å²) in [6.07, 6.45) is 1.72. The maximum atomic E-state index is 8.85. The molecule has 0 atom stereocenters. The van der Waals surface area contributed by atoms with Gasteiger partial charge in [-0.05, 0) is 43.9 Å². The van der Waals surface area contributed by atoms with E-state index in [1.807, 2.05) is 19.1 Å². The quantitative estimate of drug-likeness (QED) is 0.833. The third-order valence-electron chi connectivity index (χ3n) is 2.88. The molecule has 1 heterocycles. The standard InChI is InChI=1S/C13H16O2/c1-9-10(2)15-12-7-3-5-11(13(9)12)6-4-8-14/h3,5,7,14H,4,6,8H2,1-2H3. The summed E-state index contributed by atoms with van der Waals surface area (Å²) in [6, 6.07) is 6.12. The highest BCUT2D eigenvalue weighted by atomic mass is 16.3. The van der Waals surface area contributed by atoms with Gasteiger partial charge in [-0.25, -0.2) is 0 Å². The van der Waals surface area contributed by atoms with Gasteiger partial charge in [-0.1, -0.05) is 12.1 Å². The van der Waals surface area contributed by atoms with Crippen molar-refractivity contribution in [2.75, 3.05) is 6.61 Å². The van der Waals surface area contributed by atoms with Crippen LogP contribution in [0, 0.1) is 13.8 Å². The number of hydrogen-bond donors (Lipinski definition) is 1. The number of fused-ring (bicyclic) bond motifs is 1. The molecule has 0 aliphatic carbocycles. The highest BCUT2D eigenvalue weighted by Crippen LogP contribution is 2.28. The average molecular weight is 204 g/mol. The van der Waals surface area contributed by atoms with Crippen LogP contribution in [0.25, 0.3) is 11.0 Å². The van der Waals surface area contributed by atoms with E-state index in [0.717, 1.165) is 24.2 Å². The molecule has 0 aliphatic heterocycles. The van der Waals surface area contributed by atoms with Gasteiger partial charge in [0.15, 0.2) is 0 Å². The van der Waals surface area contributed by atoms with Crippen LogP contribution >= 0.6 is 0 Å². The predicted octanol–water partition coefficient (Wildman–Crippen LogP) is 2.97. The van der Waals surface area contributed by atoms with Crippen LogP contribution in [0.5, 0.6) is 0 Å². The minimum Gasteiger partial charge on any atom is -0.461 e. The van der Waals surface area contributed by atoms with Crippen LogP contribution in [0.4, 0.5) is 0 Å². The lowest BCUT2D eigenvalue weighted by Crippen LogP contribution is -1.90. The minimum atomic E-state index is 0.242. The molecule has 1 N–H and O–H groups in total. The van der Waals surface area contributed by atoms with Gasteiger partial charge in [0, 0.05) is 12.0 Å². The Morgan fingerprint density at radius 2 is 2.07 bits per heavy atom. The number of hydrogen-bond acceptors (Lipinski definition) is 2. The summed E-state index contributed by atoms with van der Waals surface area (Å²) in [6.45, 7) is 4.32. The molecular weight excluding hydrogens is 188 g/mol. The first kappa shape index (κ1) is 10.2. The summed E-state index contributed by atoms with van der Waals surface area (Å²) in [7, 11) is 0. The van der Waals surface area contributed by atoms with E-state index >= 15 is 0 Å². The van der Waals surface area contributed by atoms with E-state index in [4.69, 9.17) is 9.52 Å². The van der Waals surface area contributed by atoms with Gasteiger partial charge in [-0.3, -0.25) is 0 Å². The van der Waals surface area contributed by atoms with Gasteiger partial charge in [0.05, 0.1) is 0 Å². The molecule has 0 amide bonds. The maximum Gasteiger partial charge on any atom is 0.134 e. The third-order valence-corrected chi connectivity index (χ3v) is 2.88. The number of benzene rings is 1. The van der Waals surface area contributed by atoms with Gasteiger partial charge in [0.2, 0.25) is 0 Å². The molecule has 0 bridgehead atoms. The highest BCUT2D eigenvalue weighted by Gasteiger charge is 2.10. The van der Waals surface area contributed by atoms with Crippen LogP contribution in [0.15, 0.2) is 22.6 Å². The number of furan rings is 1. The Morgan fingerprint density at radius 3 is 2.80 bits per heavy atom. The van der Waals surface area contributed by atoms with E-state index in [9.17, 15) is 0 Å². The van der Waals surface area contributed by atoms with Crippen molar-refractivity contribution in [3.8, 4) is 0 Å². The molecule has 2 heteroatoms. The Balaban J connectivity index is 2.53. The first-order chi connectivity index (χ1) is 7.24. The summed E-state index contributed by atoms with van der Waals surface area (Å²) in [5, 5.41) is 10.1. The molecule has 0 radical (unpaired) electrons. The van der Waals surface area contributed by atoms with Crippen LogP contribution in [0.2, 0.25) is 0 Å². The highest BCUT2D eigenvalue weighted by molar-refractivity contribution is 5.85. The van der Waals surface area contributed by atoms with Crippen LogP contribution in [0.3, 0.4) is 0 Å². The van der Waals surface area contributed by atoms with Crippen molar-refractivity contribution >= 4 is 11.0 Å². The van der Waals surface area contributed by atoms with Crippen LogP contribution in [-0.4, -0.2) is 11.7 Å². The number of aliphatic hydroxyl groups excluding tert-OH is 1. The Labute approximate surface area is 89.5 Å². The lowest BCUT2D eigenvalue weighted by atomic mass is 10.0. The largest absolute Gasteiger partial charge is 0.461 e. The van der Waals surface area contributed by atoms with Crippen molar-refractivity contribution in [1.29, 1.82) is 0 Å². The van der Waals surface area contributed by atoms with Crippen LogP contribution < -0.4 is 0 Å². The van der Waals surface area contributed by atoms with Gasteiger partial charge in [-0.15, -0.1) is 0 Å². The molecule has 0 saturated carbocycles.